The van der Waals surface area contributed by atoms with E-state index in [1.165, 1.54) is 30.3 Å². The second-order valence-electron chi connectivity index (χ2n) is 6.06. The van der Waals surface area contributed by atoms with Gasteiger partial charge in [-0.15, -0.1) is 0 Å². The Balaban J connectivity index is 2.10. The number of amides is 2. The van der Waals surface area contributed by atoms with Gasteiger partial charge in [-0.05, 0) is 36.6 Å². The van der Waals surface area contributed by atoms with Crippen LogP contribution in [0, 0.1) is 11.3 Å². The predicted molar refractivity (Wildman–Crippen MR) is 89.7 cm³/mol. The minimum absolute atomic E-state index is 0.0328. The molecular formula is C18H18F3N3O2. The zero-order valence-electron chi connectivity index (χ0n) is 13.9. The Morgan fingerprint density at radius 1 is 1.19 bits per heavy atom. The van der Waals surface area contributed by atoms with Crippen LogP contribution in [0.3, 0.4) is 0 Å². The molecule has 0 spiro atoms. The third-order valence-electron chi connectivity index (χ3n) is 4.02. The molecule has 1 fully saturated rings. The smallest absolute Gasteiger partial charge is 0.349 e. The Bertz CT molecular complexity index is 745. The number of carbonyl (C=O) groups is 2. The van der Waals surface area contributed by atoms with Crippen molar-refractivity contribution in [1.82, 2.24) is 5.32 Å². The van der Waals surface area contributed by atoms with Crippen molar-refractivity contribution in [1.29, 1.82) is 5.26 Å². The standard InChI is InChI=1S/C18H18F3N3O2/c19-18(20,21)17(26)24-15-8-4-5-12(10-15)9-13(11-22)16(25)23-14-6-2-1-3-7-14/h4-5,8-10,14H,1-3,6-7H2,(H,23,25)(H,24,26)/b13-9+. The fraction of sp³-hybridized carbons (Fsp3) is 0.389. The SMILES string of the molecule is N#C/C(=C\c1cccc(NC(=O)C(F)(F)F)c1)C(=O)NC1CCCCC1. The van der Waals surface area contributed by atoms with Gasteiger partial charge in [-0.3, -0.25) is 9.59 Å². The summed E-state index contributed by atoms with van der Waals surface area (Å²) in [4.78, 5) is 23.2. The first-order chi connectivity index (χ1) is 12.3. The number of rotatable bonds is 4. The summed E-state index contributed by atoms with van der Waals surface area (Å²) in [5, 5.41) is 13.8. The molecule has 0 aromatic heterocycles. The molecule has 0 radical (unpaired) electrons. The number of benzene rings is 1. The largest absolute Gasteiger partial charge is 0.471 e. The first-order valence-electron chi connectivity index (χ1n) is 8.20. The molecular weight excluding hydrogens is 347 g/mol. The van der Waals surface area contributed by atoms with Gasteiger partial charge in [0.2, 0.25) is 0 Å². The van der Waals surface area contributed by atoms with Crippen molar-refractivity contribution in [2.24, 2.45) is 0 Å². The van der Waals surface area contributed by atoms with Crippen LogP contribution in [-0.4, -0.2) is 24.0 Å². The number of nitrogens with one attached hydrogen (secondary N) is 2. The lowest BCUT2D eigenvalue weighted by Crippen LogP contribution is -2.36. The van der Waals surface area contributed by atoms with E-state index in [9.17, 15) is 28.0 Å². The van der Waals surface area contributed by atoms with Gasteiger partial charge in [0.25, 0.3) is 5.91 Å². The highest BCUT2D eigenvalue weighted by molar-refractivity contribution is 6.02. The summed E-state index contributed by atoms with van der Waals surface area (Å²) in [6.07, 6.45) is 1.19. The van der Waals surface area contributed by atoms with Crippen molar-refractivity contribution < 1.29 is 22.8 Å². The number of alkyl halides is 3. The lowest BCUT2D eigenvalue weighted by atomic mass is 9.95. The van der Waals surface area contributed by atoms with Crippen molar-refractivity contribution in [3.63, 3.8) is 0 Å². The van der Waals surface area contributed by atoms with E-state index in [4.69, 9.17) is 0 Å². The lowest BCUT2D eigenvalue weighted by molar-refractivity contribution is -0.167. The third kappa shape index (κ3) is 5.62. The van der Waals surface area contributed by atoms with Crippen LogP contribution in [0.2, 0.25) is 0 Å². The number of carbonyl (C=O) groups excluding carboxylic acids is 2. The van der Waals surface area contributed by atoms with Gasteiger partial charge in [-0.25, -0.2) is 0 Å². The molecule has 0 saturated heterocycles. The molecule has 1 aliphatic carbocycles. The maximum absolute atomic E-state index is 12.3. The minimum Gasteiger partial charge on any atom is -0.349 e. The molecule has 5 nitrogen and oxygen atoms in total. The molecule has 0 atom stereocenters. The summed E-state index contributed by atoms with van der Waals surface area (Å²) in [6.45, 7) is 0. The molecule has 2 rings (SSSR count). The molecule has 1 saturated carbocycles. The van der Waals surface area contributed by atoms with E-state index < -0.39 is 18.0 Å². The fourth-order valence-corrected chi connectivity index (χ4v) is 2.73. The Labute approximate surface area is 148 Å². The van der Waals surface area contributed by atoms with Crippen LogP contribution in [0.5, 0.6) is 0 Å². The van der Waals surface area contributed by atoms with Crippen LogP contribution in [0.15, 0.2) is 29.8 Å². The van der Waals surface area contributed by atoms with Crippen molar-refractivity contribution in [3.8, 4) is 6.07 Å². The van der Waals surface area contributed by atoms with Crippen molar-refractivity contribution >= 4 is 23.6 Å². The van der Waals surface area contributed by atoms with E-state index in [0.717, 1.165) is 32.1 Å². The zero-order valence-corrected chi connectivity index (χ0v) is 13.9. The number of hydrogen-bond donors (Lipinski definition) is 2. The molecule has 8 heteroatoms. The van der Waals surface area contributed by atoms with E-state index in [1.807, 2.05) is 0 Å². The van der Waals surface area contributed by atoms with Crippen LogP contribution >= 0.6 is 0 Å². The molecule has 138 valence electrons. The molecule has 0 bridgehead atoms. The van der Waals surface area contributed by atoms with Crippen molar-refractivity contribution in [2.45, 2.75) is 44.3 Å². The molecule has 2 N–H and O–H groups in total. The van der Waals surface area contributed by atoms with Crippen molar-refractivity contribution in [3.05, 3.63) is 35.4 Å². The summed E-state index contributed by atoms with van der Waals surface area (Å²) in [5.41, 5.74) is 0.112. The van der Waals surface area contributed by atoms with E-state index >= 15 is 0 Å². The third-order valence-corrected chi connectivity index (χ3v) is 4.02. The molecule has 0 heterocycles. The summed E-state index contributed by atoms with van der Waals surface area (Å²) in [7, 11) is 0. The van der Waals surface area contributed by atoms with Gasteiger partial charge in [0.1, 0.15) is 11.6 Å². The average Bonchev–Trinajstić information content (AvgIpc) is 2.60. The van der Waals surface area contributed by atoms with E-state index in [0.29, 0.717) is 5.56 Å². The highest BCUT2D eigenvalue weighted by Gasteiger charge is 2.38. The van der Waals surface area contributed by atoms with Gasteiger partial charge in [0.05, 0.1) is 0 Å². The summed E-state index contributed by atoms with van der Waals surface area (Å²) in [5.74, 6) is -2.60. The Morgan fingerprint density at radius 3 is 2.50 bits per heavy atom. The van der Waals surface area contributed by atoms with Crippen LogP contribution in [0.1, 0.15) is 37.7 Å². The first kappa shape index (κ1) is 19.5. The maximum atomic E-state index is 12.3. The second-order valence-corrected chi connectivity index (χ2v) is 6.06. The molecule has 1 aromatic rings. The number of nitrogens with zero attached hydrogens (tertiary/aromatic N) is 1. The molecule has 0 aliphatic heterocycles. The second kappa shape index (κ2) is 8.52. The summed E-state index contributed by atoms with van der Waals surface area (Å²) < 4.78 is 36.9. The first-order valence-corrected chi connectivity index (χ1v) is 8.20. The lowest BCUT2D eigenvalue weighted by Gasteiger charge is -2.22. The van der Waals surface area contributed by atoms with Crippen LogP contribution < -0.4 is 10.6 Å². The molecule has 26 heavy (non-hydrogen) atoms. The van der Waals surface area contributed by atoms with Gasteiger partial charge in [-0.2, -0.15) is 18.4 Å². The fourth-order valence-electron chi connectivity index (χ4n) is 2.73. The van der Waals surface area contributed by atoms with Gasteiger partial charge < -0.3 is 10.6 Å². The van der Waals surface area contributed by atoms with E-state index in [1.54, 1.807) is 11.4 Å². The normalized spacial score (nSPS) is 15.8. The van der Waals surface area contributed by atoms with Gasteiger partial charge >= 0.3 is 12.1 Å². The Hall–Kier alpha value is -2.82. The van der Waals surface area contributed by atoms with Crippen LogP contribution in [0.4, 0.5) is 18.9 Å². The topological polar surface area (TPSA) is 82.0 Å². The molecule has 1 aliphatic rings. The Kier molecular flexibility index (Phi) is 6.39. The predicted octanol–water partition coefficient (Wildman–Crippen LogP) is 3.54. The van der Waals surface area contributed by atoms with E-state index in [2.05, 4.69) is 5.32 Å². The maximum Gasteiger partial charge on any atom is 0.471 e. The average molecular weight is 365 g/mol. The number of halogens is 3. The monoisotopic (exact) mass is 365 g/mol. The number of nitriles is 1. The molecule has 1 aromatic carbocycles. The number of hydrogen-bond acceptors (Lipinski definition) is 3. The van der Waals surface area contributed by atoms with E-state index in [-0.39, 0.29) is 17.3 Å². The quantitative estimate of drug-likeness (QED) is 0.632. The molecule has 2 amide bonds. The van der Waals surface area contributed by atoms with Crippen molar-refractivity contribution in [2.75, 3.05) is 5.32 Å². The Morgan fingerprint density at radius 2 is 1.88 bits per heavy atom. The highest BCUT2D eigenvalue weighted by atomic mass is 19.4. The van der Waals surface area contributed by atoms with Gasteiger partial charge in [-0.1, -0.05) is 31.4 Å². The molecule has 0 unspecified atom stereocenters. The highest BCUT2D eigenvalue weighted by Crippen LogP contribution is 2.20. The number of anilines is 1. The minimum atomic E-state index is -5.00. The summed E-state index contributed by atoms with van der Waals surface area (Å²) in [6, 6.07) is 7.33. The zero-order chi connectivity index (χ0) is 19.2. The van der Waals surface area contributed by atoms with Gasteiger partial charge in [0.15, 0.2) is 0 Å². The van der Waals surface area contributed by atoms with Crippen LogP contribution in [0.25, 0.3) is 6.08 Å². The van der Waals surface area contributed by atoms with Gasteiger partial charge in [0, 0.05) is 11.7 Å². The van der Waals surface area contributed by atoms with Crippen LogP contribution in [-0.2, 0) is 9.59 Å². The summed E-state index contributed by atoms with van der Waals surface area (Å²) >= 11 is 0.